The zero-order valence-electron chi connectivity index (χ0n) is 11.9. The van der Waals surface area contributed by atoms with Gasteiger partial charge in [-0.05, 0) is 43.1 Å². The summed E-state index contributed by atoms with van der Waals surface area (Å²) >= 11 is 5.86. The Morgan fingerprint density at radius 1 is 1.14 bits per heavy atom. The third-order valence-electron chi connectivity index (χ3n) is 3.33. The van der Waals surface area contributed by atoms with Crippen molar-refractivity contribution in [2.45, 2.75) is 25.8 Å². The molecule has 0 saturated heterocycles. The number of hydrogen-bond acceptors (Lipinski definition) is 1. The van der Waals surface area contributed by atoms with Gasteiger partial charge in [0.15, 0.2) is 0 Å². The molecule has 1 nitrogen and oxygen atoms in total. The lowest BCUT2D eigenvalue weighted by atomic mass is 9.98. The molecule has 0 saturated carbocycles. The third kappa shape index (κ3) is 4.26. The van der Waals surface area contributed by atoms with Crippen molar-refractivity contribution in [2.24, 2.45) is 0 Å². The summed E-state index contributed by atoms with van der Waals surface area (Å²) in [7, 11) is 0. The van der Waals surface area contributed by atoms with Gasteiger partial charge in [0.25, 0.3) is 0 Å². The van der Waals surface area contributed by atoms with E-state index in [1.807, 2.05) is 13.0 Å². The highest BCUT2D eigenvalue weighted by Crippen LogP contribution is 2.26. The van der Waals surface area contributed by atoms with Gasteiger partial charge in [-0.2, -0.15) is 0 Å². The van der Waals surface area contributed by atoms with E-state index in [4.69, 9.17) is 11.6 Å². The van der Waals surface area contributed by atoms with Crippen molar-refractivity contribution in [3.05, 3.63) is 70.2 Å². The van der Waals surface area contributed by atoms with Crippen LogP contribution in [0.15, 0.2) is 42.5 Å². The van der Waals surface area contributed by atoms with Crippen LogP contribution in [0, 0.1) is 11.6 Å². The molecular weight excluding hydrogens is 292 g/mol. The maximum absolute atomic E-state index is 14.2. The van der Waals surface area contributed by atoms with Crippen LogP contribution in [0.5, 0.6) is 0 Å². The molecule has 0 aliphatic heterocycles. The number of nitrogens with one attached hydrogen (secondary N) is 1. The molecule has 0 radical (unpaired) electrons. The molecule has 1 atom stereocenters. The van der Waals surface area contributed by atoms with Gasteiger partial charge in [0.05, 0.1) is 5.02 Å². The maximum atomic E-state index is 14.2. The number of hydrogen-bond donors (Lipinski definition) is 1. The van der Waals surface area contributed by atoms with Crippen molar-refractivity contribution >= 4 is 11.6 Å². The molecule has 2 aromatic rings. The van der Waals surface area contributed by atoms with E-state index in [2.05, 4.69) is 5.32 Å². The summed E-state index contributed by atoms with van der Waals surface area (Å²) in [6, 6.07) is 11.1. The number of benzene rings is 2. The van der Waals surface area contributed by atoms with Gasteiger partial charge in [-0.15, -0.1) is 0 Å². The molecule has 0 fully saturated rings. The fourth-order valence-electron chi connectivity index (χ4n) is 2.30. The van der Waals surface area contributed by atoms with Crippen LogP contribution in [0.25, 0.3) is 0 Å². The second-order valence-electron chi connectivity index (χ2n) is 4.98. The average molecular weight is 310 g/mol. The maximum Gasteiger partial charge on any atom is 0.146 e. The zero-order chi connectivity index (χ0) is 15.2. The average Bonchev–Trinajstić information content (AvgIpc) is 2.47. The summed E-state index contributed by atoms with van der Waals surface area (Å²) in [5.74, 6) is -0.697. The molecule has 0 aromatic heterocycles. The van der Waals surface area contributed by atoms with Gasteiger partial charge in [-0.3, -0.25) is 0 Å². The molecule has 0 aliphatic carbocycles. The van der Waals surface area contributed by atoms with Crippen LogP contribution >= 0.6 is 11.6 Å². The summed E-state index contributed by atoms with van der Waals surface area (Å²) in [5.41, 5.74) is 1.34. The highest BCUT2D eigenvalue weighted by Gasteiger charge is 2.17. The fourth-order valence-corrected chi connectivity index (χ4v) is 2.48. The van der Waals surface area contributed by atoms with E-state index in [0.29, 0.717) is 12.0 Å². The zero-order valence-corrected chi connectivity index (χ0v) is 12.6. The Bertz CT molecular complexity index is 601. The Morgan fingerprint density at radius 3 is 2.62 bits per heavy atom. The topological polar surface area (TPSA) is 12.0 Å². The number of halogens is 3. The second kappa shape index (κ2) is 7.53. The summed E-state index contributed by atoms with van der Waals surface area (Å²) < 4.78 is 27.5. The molecule has 0 aliphatic rings. The van der Waals surface area contributed by atoms with Crippen LogP contribution in [0.4, 0.5) is 8.78 Å². The summed E-state index contributed by atoms with van der Waals surface area (Å²) in [4.78, 5) is 0. The van der Waals surface area contributed by atoms with E-state index in [1.54, 1.807) is 18.2 Å². The van der Waals surface area contributed by atoms with Gasteiger partial charge in [0.1, 0.15) is 11.6 Å². The Labute approximate surface area is 128 Å². The first kappa shape index (κ1) is 15.9. The van der Waals surface area contributed by atoms with Crippen LogP contribution in [-0.4, -0.2) is 6.54 Å². The molecule has 21 heavy (non-hydrogen) atoms. The minimum atomic E-state index is -0.413. The van der Waals surface area contributed by atoms with Crippen LogP contribution in [0.1, 0.15) is 30.5 Å². The molecule has 112 valence electrons. The van der Waals surface area contributed by atoms with E-state index in [1.165, 1.54) is 18.2 Å². The van der Waals surface area contributed by atoms with Crippen LogP contribution < -0.4 is 5.32 Å². The minimum Gasteiger partial charge on any atom is -0.310 e. The lowest BCUT2D eigenvalue weighted by molar-refractivity contribution is 0.496. The quantitative estimate of drug-likeness (QED) is 0.800. The van der Waals surface area contributed by atoms with Gasteiger partial charge < -0.3 is 5.32 Å². The summed E-state index contributed by atoms with van der Waals surface area (Å²) in [6.07, 6.45) is 1.44. The van der Waals surface area contributed by atoms with Crippen LogP contribution in [0.2, 0.25) is 5.02 Å². The van der Waals surface area contributed by atoms with Crippen molar-refractivity contribution in [3.63, 3.8) is 0 Å². The van der Waals surface area contributed by atoms with E-state index >= 15 is 0 Å². The number of rotatable bonds is 6. The Balaban J connectivity index is 2.27. The molecule has 0 bridgehead atoms. The lowest BCUT2D eigenvalue weighted by Crippen LogP contribution is -2.25. The van der Waals surface area contributed by atoms with Gasteiger partial charge in [-0.1, -0.05) is 42.8 Å². The van der Waals surface area contributed by atoms with E-state index in [0.717, 1.165) is 18.5 Å². The molecule has 0 heterocycles. The third-order valence-corrected chi connectivity index (χ3v) is 3.62. The van der Waals surface area contributed by atoms with Crippen molar-refractivity contribution in [2.75, 3.05) is 6.54 Å². The fraction of sp³-hybridized carbons (Fsp3) is 0.294. The van der Waals surface area contributed by atoms with E-state index in [-0.39, 0.29) is 16.9 Å². The molecular formula is C17H18ClF2N. The first-order chi connectivity index (χ1) is 10.1. The monoisotopic (exact) mass is 309 g/mol. The smallest absolute Gasteiger partial charge is 0.146 e. The van der Waals surface area contributed by atoms with E-state index < -0.39 is 5.82 Å². The van der Waals surface area contributed by atoms with Crippen molar-refractivity contribution in [3.8, 4) is 0 Å². The Kier molecular flexibility index (Phi) is 5.71. The van der Waals surface area contributed by atoms with Crippen molar-refractivity contribution in [1.82, 2.24) is 5.32 Å². The van der Waals surface area contributed by atoms with Crippen molar-refractivity contribution in [1.29, 1.82) is 0 Å². The van der Waals surface area contributed by atoms with Gasteiger partial charge >= 0.3 is 0 Å². The van der Waals surface area contributed by atoms with Crippen LogP contribution in [0.3, 0.4) is 0 Å². The molecule has 2 aromatic carbocycles. The van der Waals surface area contributed by atoms with Gasteiger partial charge in [-0.25, -0.2) is 8.78 Å². The van der Waals surface area contributed by atoms with Crippen molar-refractivity contribution < 1.29 is 8.78 Å². The molecule has 2 rings (SSSR count). The summed E-state index contributed by atoms with van der Waals surface area (Å²) in [6.45, 7) is 2.80. The second-order valence-corrected chi connectivity index (χ2v) is 5.39. The SMILES string of the molecule is CCCNC(Cc1cccc(F)c1)c1cccc(Cl)c1F. The highest BCUT2D eigenvalue weighted by atomic mass is 35.5. The largest absolute Gasteiger partial charge is 0.310 e. The first-order valence-electron chi connectivity index (χ1n) is 7.03. The molecule has 1 unspecified atom stereocenters. The van der Waals surface area contributed by atoms with Crippen LogP contribution in [-0.2, 0) is 6.42 Å². The molecule has 4 heteroatoms. The van der Waals surface area contributed by atoms with Gasteiger partial charge in [0.2, 0.25) is 0 Å². The standard InChI is InChI=1S/C17H18ClF2N/c1-2-9-21-16(11-12-5-3-6-13(19)10-12)14-7-4-8-15(18)17(14)20/h3-8,10,16,21H,2,9,11H2,1H3. The Hall–Kier alpha value is -1.45. The predicted octanol–water partition coefficient (Wildman–Crippen LogP) is 4.90. The first-order valence-corrected chi connectivity index (χ1v) is 7.41. The molecule has 0 spiro atoms. The summed E-state index contributed by atoms with van der Waals surface area (Å²) in [5, 5.41) is 3.41. The minimum absolute atomic E-state index is 0.107. The molecule has 0 amide bonds. The highest BCUT2D eigenvalue weighted by molar-refractivity contribution is 6.30. The lowest BCUT2D eigenvalue weighted by Gasteiger charge is -2.20. The Morgan fingerprint density at radius 2 is 1.90 bits per heavy atom. The molecule has 1 N–H and O–H groups in total. The van der Waals surface area contributed by atoms with E-state index in [9.17, 15) is 8.78 Å². The normalized spacial score (nSPS) is 12.4. The predicted molar refractivity (Wildman–Crippen MR) is 82.5 cm³/mol. The van der Waals surface area contributed by atoms with Gasteiger partial charge in [0, 0.05) is 11.6 Å².